The van der Waals surface area contributed by atoms with Gasteiger partial charge in [0.1, 0.15) is 9.39 Å². The monoisotopic (exact) mass is 317 g/mol. The van der Waals surface area contributed by atoms with Gasteiger partial charge in [-0.1, -0.05) is 0 Å². The Balaban J connectivity index is 2.64. The van der Waals surface area contributed by atoms with Crippen LogP contribution in [0, 0.1) is 3.57 Å². The van der Waals surface area contributed by atoms with Gasteiger partial charge in [-0.3, -0.25) is 9.36 Å². The van der Waals surface area contributed by atoms with Crippen molar-refractivity contribution in [3.8, 4) is 5.82 Å². The molecule has 6 nitrogen and oxygen atoms in total. The number of rotatable bonds is 2. The van der Waals surface area contributed by atoms with Gasteiger partial charge in [0.2, 0.25) is 0 Å². The highest BCUT2D eigenvalue weighted by Gasteiger charge is 2.10. The Morgan fingerprint density at radius 3 is 3.07 bits per heavy atom. The lowest BCUT2D eigenvalue weighted by molar-refractivity contribution is 0.835. The van der Waals surface area contributed by atoms with Crippen molar-refractivity contribution in [3.63, 3.8) is 0 Å². The van der Waals surface area contributed by atoms with Crippen molar-refractivity contribution in [1.82, 2.24) is 19.5 Å². The van der Waals surface area contributed by atoms with Crippen LogP contribution < -0.4 is 11.3 Å². The molecule has 0 saturated heterocycles. The van der Waals surface area contributed by atoms with Gasteiger partial charge in [-0.15, -0.1) is 0 Å². The molecule has 0 aromatic carbocycles. The van der Waals surface area contributed by atoms with Gasteiger partial charge in [0.05, 0.1) is 12.9 Å². The van der Waals surface area contributed by atoms with Crippen LogP contribution in [-0.4, -0.2) is 19.5 Å². The van der Waals surface area contributed by atoms with E-state index in [0.717, 1.165) is 0 Å². The van der Waals surface area contributed by atoms with Crippen LogP contribution in [0.3, 0.4) is 0 Å². The third kappa shape index (κ3) is 1.79. The number of nitrogens with two attached hydrogens (primary N) is 1. The maximum absolute atomic E-state index is 11.4. The first-order valence-corrected chi connectivity index (χ1v) is 5.27. The zero-order chi connectivity index (χ0) is 10.8. The normalized spacial score (nSPS) is 10.5. The summed E-state index contributed by atoms with van der Waals surface area (Å²) in [5, 5.41) is 0. The van der Waals surface area contributed by atoms with Crippen molar-refractivity contribution < 1.29 is 0 Å². The SMILES string of the molecule is NCc1nccn1-c1nc[nH]c(=O)c1I. The minimum atomic E-state index is -0.169. The zero-order valence-corrected chi connectivity index (χ0v) is 9.80. The average Bonchev–Trinajstić information content (AvgIpc) is 2.70. The number of nitrogens with one attached hydrogen (secondary N) is 1. The van der Waals surface area contributed by atoms with Crippen molar-refractivity contribution in [1.29, 1.82) is 0 Å². The van der Waals surface area contributed by atoms with Crippen LogP contribution in [0.15, 0.2) is 23.5 Å². The second kappa shape index (κ2) is 4.11. The fourth-order valence-electron chi connectivity index (χ4n) is 1.22. The van der Waals surface area contributed by atoms with Crippen LogP contribution >= 0.6 is 22.6 Å². The predicted octanol–water partition coefficient (Wildman–Crippen LogP) is 0.0189. The molecular weight excluding hydrogens is 309 g/mol. The first-order chi connectivity index (χ1) is 7.24. The van der Waals surface area contributed by atoms with Crippen LogP contribution in [0.2, 0.25) is 0 Å². The van der Waals surface area contributed by atoms with Crippen molar-refractivity contribution in [2.45, 2.75) is 6.54 Å². The van der Waals surface area contributed by atoms with Crippen molar-refractivity contribution in [2.24, 2.45) is 5.73 Å². The molecule has 0 unspecified atom stereocenters. The van der Waals surface area contributed by atoms with Crippen molar-refractivity contribution in [3.05, 3.63) is 38.5 Å². The molecule has 0 bridgehead atoms. The minimum absolute atomic E-state index is 0.169. The molecule has 0 radical (unpaired) electrons. The van der Waals surface area contributed by atoms with Gasteiger partial charge >= 0.3 is 0 Å². The number of nitrogens with zero attached hydrogens (tertiary/aromatic N) is 3. The summed E-state index contributed by atoms with van der Waals surface area (Å²) in [5.41, 5.74) is 5.35. The first kappa shape index (κ1) is 10.3. The van der Waals surface area contributed by atoms with E-state index in [1.54, 1.807) is 17.0 Å². The molecule has 0 aliphatic carbocycles. The summed E-state index contributed by atoms with van der Waals surface area (Å²) < 4.78 is 2.22. The Kier molecular flexibility index (Phi) is 2.82. The third-order valence-electron chi connectivity index (χ3n) is 1.91. The van der Waals surface area contributed by atoms with Gasteiger partial charge in [0.25, 0.3) is 5.56 Å². The van der Waals surface area contributed by atoms with Gasteiger partial charge in [-0.2, -0.15) is 0 Å². The standard InChI is InChI=1S/C8H8IN5O/c9-6-7(12-4-13-8(6)15)14-2-1-11-5(14)3-10/h1-2,4H,3,10H2,(H,12,13,15). The number of hydrogen-bond acceptors (Lipinski definition) is 4. The van der Waals surface area contributed by atoms with E-state index in [1.165, 1.54) is 6.33 Å². The van der Waals surface area contributed by atoms with Crippen LogP contribution in [0.5, 0.6) is 0 Å². The van der Waals surface area contributed by atoms with Gasteiger partial charge in [0, 0.05) is 12.4 Å². The average molecular weight is 317 g/mol. The van der Waals surface area contributed by atoms with E-state index < -0.39 is 0 Å². The zero-order valence-electron chi connectivity index (χ0n) is 7.64. The summed E-state index contributed by atoms with van der Waals surface area (Å²) in [6, 6.07) is 0. The van der Waals surface area contributed by atoms with Crippen molar-refractivity contribution in [2.75, 3.05) is 0 Å². The molecule has 3 N–H and O–H groups in total. The Hall–Kier alpha value is -1.22. The van der Waals surface area contributed by atoms with Crippen LogP contribution in [0.1, 0.15) is 5.82 Å². The fourth-order valence-corrected chi connectivity index (χ4v) is 1.77. The lowest BCUT2D eigenvalue weighted by atomic mass is 10.5. The molecule has 2 aromatic heterocycles. The Labute approximate surface area is 98.7 Å². The number of imidazole rings is 1. The van der Waals surface area contributed by atoms with Gasteiger partial charge in [0.15, 0.2) is 5.82 Å². The van der Waals surface area contributed by atoms with E-state index in [4.69, 9.17) is 5.73 Å². The second-order valence-corrected chi connectivity index (χ2v) is 3.87. The molecule has 78 valence electrons. The maximum atomic E-state index is 11.4. The first-order valence-electron chi connectivity index (χ1n) is 4.20. The number of aromatic amines is 1. The minimum Gasteiger partial charge on any atom is -0.324 e. The van der Waals surface area contributed by atoms with Gasteiger partial charge in [-0.05, 0) is 22.6 Å². The molecule has 0 saturated carbocycles. The molecule has 0 fully saturated rings. The summed E-state index contributed by atoms with van der Waals surface area (Å²) in [6.07, 6.45) is 4.72. The molecule has 2 heterocycles. The summed E-state index contributed by atoms with van der Waals surface area (Å²) in [7, 11) is 0. The predicted molar refractivity (Wildman–Crippen MR) is 62.6 cm³/mol. The smallest absolute Gasteiger partial charge is 0.266 e. The molecule has 0 amide bonds. The quantitative estimate of drug-likeness (QED) is 0.764. The Bertz CT molecular complexity index is 532. The molecule has 0 aliphatic rings. The van der Waals surface area contributed by atoms with Gasteiger partial charge in [-0.25, -0.2) is 9.97 Å². The number of hydrogen-bond donors (Lipinski definition) is 2. The molecule has 2 aromatic rings. The van der Waals surface area contributed by atoms with Crippen LogP contribution in [-0.2, 0) is 6.54 Å². The molecule has 0 spiro atoms. The van der Waals surface area contributed by atoms with E-state index >= 15 is 0 Å². The van der Waals surface area contributed by atoms with E-state index in [2.05, 4.69) is 15.0 Å². The molecule has 0 aliphatic heterocycles. The van der Waals surface area contributed by atoms with E-state index in [1.807, 2.05) is 22.6 Å². The fraction of sp³-hybridized carbons (Fsp3) is 0.125. The van der Waals surface area contributed by atoms with Crippen LogP contribution in [0.4, 0.5) is 0 Å². The topological polar surface area (TPSA) is 89.6 Å². The van der Waals surface area contributed by atoms with Crippen molar-refractivity contribution >= 4 is 22.6 Å². The Morgan fingerprint density at radius 2 is 2.33 bits per heavy atom. The van der Waals surface area contributed by atoms with E-state index in [0.29, 0.717) is 21.8 Å². The second-order valence-electron chi connectivity index (χ2n) is 2.79. The highest BCUT2D eigenvalue weighted by Crippen LogP contribution is 2.11. The summed E-state index contributed by atoms with van der Waals surface area (Å²) in [6.45, 7) is 0.303. The molecule has 2 rings (SSSR count). The van der Waals surface area contributed by atoms with Gasteiger partial charge < -0.3 is 10.7 Å². The largest absolute Gasteiger partial charge is 0.324 e. The molecular formula is C8H8IN5O. The van der Waals surface area contributed by atoms with Crippen LogP contribution in [0.25, 0.3) is 5.82 Å². The Morgan fingerprint density at radius 1 is 1.53 bits per heavy atom. The summed E-state index contributed by atoms with van der Waals surface area (Å²) in [4.78, 5) is 22.0. The third-order valence-corrected chi connectivity index (χ3v) is 2.88. The number of halogens is 1. The molecule has 7 heteroatoms. The lowest BCUT2D eigenvalue weighted by Gasteiger charge is -2.05. The van der Waals surface area contributed by atoms with E-state index in [9.17, 15) is 4.79 Å². The summed E-state index contributed by atoms with van der Waals surface area (Å²) >= 11 is 1.94. The maximum Gasteiger partial charge on any atom is 0.266 e. The van der Waals surface area contributed by atoms with E-state index in [-0.39, 0.29) is 5.56 Å². The number of H-pyrrole nitrogens is 1. The highest BCUT2D eigenvalue weighted by atomic mass is 127. The summed E-state index contributed by atoms with van der Waals surface area (Å²) in [5.74, 6) is 1.23. The highest BCUT2D eigenvalue weighted by molar-refractivity contribution is 14.1. The molecule has 0 atom stereocenters. The molecule has 15 heavy (non-hydrogen) atoms. The lowest BCUT2D eigenvalue weighted by Crippen LogP contribution is -2.17. The number of aromatic nitrogens is 4.